The van der Waals surface area contributed by atoms with Crippen LogP contribution in [0, 0.1) is 0 Å². The lowest BCUT2D eigenvalue weighted by Crippen LogP contribution is -2.35. The minimum atomic E-state index is -0.104. The number of benzene rings is 1. The topological polar surface area (TPSA) is 87.2 Å². The Labute approximate surface area is 167 Å². The number of nitrogens with one attached hydrogen (secondary N) is 2. The maximum absolute atomic E-state index is 12.0. The summed E-state index contributed by atoms with van der Waals surface area (Å²) in [4.78, 5) is 35.7. The number of anilines is 1. The highest BCUT2D eigenvalue weighted by atomic mass is 32.1. The Hall–Kier alpha value is -3.00. The minimum Gasteiger partial charge on any atom is -0.359 e. The van der Waals surface area contributed by atoms with Gasteiger partial charge in [-0.25, -0.2) is 9.97 Å². The minimum absolute atomic E-state index is 0.0576. The Morgan fingerprint density at radius 2 is 1.86 bits per heavy atom. The maximum Gasteiger partial charge on any atom is 0.221 e. The quantitative estimate of drug-likeness (QED) is 0.570. The largest absolute Gasteiger partial charge is 0.359 e. The Morgan fingerprint density at radius 3 is 2.61 bits per heavy atom. The lowest BCUT2D eigenvalue weighted by molar-refractivity contribution is -0.122. The van der Waals surface area contributed by atoms with Crippen LogP contribution in [0.15, 0.2) is 42.7 Å². The zero-order valence-corrected chi connectivity index (χ0v) is 16.8. The molecule has 8 heteroatoms. The van der Waals surface area contributed by atoms with Crippen molar-refractivity contribution in [2.45, 2.75) is 13.3 Å². The van der Waals surface area contributed by atoms with Crippen LogP contribution in [0.25, 0.3) is 20.7 Å². The summed E-state index contributed by atoms with van der Waals surface area (Å²) >= 11 is 1.63. The monoisotopic (exact) mass is 397 g/mol. The molecule has 0 aliphatic heterocycles. The highest BCUT2D eigenvalue weighted by Crippen LogP contribution is 2.35. The molecule has 28 heavy (non-hydrogen) atoms. The molecule has 0 bridgehead atoms. The number of thiophene rings is 1. The van der Waals surface area contributed by atoms with E-state index in [0.29, 0.717) is 26.1 Å². The number of hydrogen-bond donors (Lipinski definition) is 2. The number of carbonyl (C=O) groups excluding carboxylic acids is 2. The Kier molecular flexibility index (Phi) is 6.54. The normalized spacial score (nSPS) is 10.6. The third kappa shape index (κ3) is 5.04. The van der Waals surface area contributed by atoms with Crippen molar-refractivity contribution in [3.05, 3.63) is 42.7 Å². The zero-order chi connectivity index (χ0) is 19.9. The maximum atomic E-state index is 12.0. The summed E-state index contributed by atoms with van der Waals surface area (Å²) in [6, 6.07) is 12.3. The number of rotatable bonds is 8. The van der Waals surface area contributed by atoms with Crippen molar-refractivity contribution in [2.75, 3.05) is 31.6 Å². The lowest BCUT2D eigenvalue weighted by atomic mass is 10.2. The van der Waals surface area contributed by atoms with Crippen LogP contribution >= 0.6 is 11.3 Å². The average Bonchev–Trinajstić information content (AvgIpc) is 3.14. The van der Waals surface area contributed by atoms with E-state index in [-0.39, 0.29) is 11.8 Å². The molecule has 0 spiro atoms. The predicted octanol–water partition coefficient (Wildman–Crippen LogP) is 2.44. The summed E-state index contributed by atoms with van der Waals surface area (Å²) in [6.07, 6.45) is 1.91. The van der Waals surface area contributed by atoms with E-state index in [1.807, 2.05) is 30.1 Å². The van der Waals surface area contributed by atoms with Gasteiger partial charge >= 0.3 is 0 Å². The van der Waals surface area contributed by atoms with Crippen LogP contribution in [-0.4, -0.2) is 48.5 Å². The predicted molar refractivity (Wildman–Crippen MR) is 112 cm³/mol. The summed E-state index contributed by atoms with van der Waals surface area (Å²) < 4.78 is 0. The molecule has 0 atom stereocenters. The van der Waals surface area contributed by atoms with Crippen molar-refractivity contribution in [3.63, 3.8) is 0 Å². The molecular formula is C20H23N5O2S. The van der Waals surface area contributed by atoms with Gasteiger partial charge in [0.1, 0.15) is 17.0 Å². The molecule has 2 amide bonds. The number of hydrogen-bond acceptors (Lipinski definition) is 6. The average molecular weight is 398 g/mol. The van der Waals surface area contributed by atoms with Crippen LogP contribution in [0.5, 0.6) is 0 Å². The zero-order valence-electron chi connectivity index (χ0n) is 15.9. The first-order valence-electron chi connectivity index (χ1n) is 9.07. The van der Waals surface area contributed by atoms with Crippen LogP contribution in [0.3, 0.4) is 0 Å². The third-order valence-electron chi connectivity index (χ3n) is 4.22. The summed E-state index contributed by atoms with van der Waals surface area (Å²) in [5.74, 6) is 0.652. The molecule has 7 nitrogen and oxygen atoms in total. The third-order valence-corrected chi connectivity index (χ3v) is 5.32. The molecule has 2 N–H and O–H groups in total. The van der Waals surface area contributed by atoms with Gasteiger partial charge in [0.2, 0.25) is 11.8 Å². The fourth-order valence-corrected chi connectivity index (χ4v) is 3.79. The Balaban J connectivity index is 1.63. The van der Waals surface area contributed by atoms with Gasteiger partial charge in [-0.15, -0.1) is 11.3 Å². The van der Waals surface area contributed by atoms with E-state index in [1.54, 1.807) is 17.7 Å². The molecule has 0 fully saturated rings. The number of carbonyl (C=O) groups is 2. The molecule has 0 unspecified atom stereocenters. The van der Waals surface area contributed by atoms with Gasteiger partial charge in [0, 0.05) is 44.9 Å². The van der Waals surface area contributed by atoms with E-state index in [2.05, 4.69) is 38.8 Å². The summed E-state index contributed by atoms with van der Waals surface area (Å²) in [7, 11) is 1.92. The lowest BCUT2D eigenvalue weighted by Gasteiger charge is -2.18. The number of aromatic nitrogens is 2. The van der Waals surface area contributed by atoms with Crippen LogP contribution in [0.1, 0.15) is 13.3 Å². The molecule has 0 radical (unpaired) electrons. The van der Waals surface area contributed by atoms with Crippen LogP contribution < -0.4 is 15.5 Å². The van der Waals surface area contributed by atoms with Gasteiger partial charge in [0.25, 0.3) is 0 Å². The first kappa shape index (κ1) is 19.8. The molecule has 1 aromatic carbocycles. The van der Waals surface area contributed by atoms with Crippen LogP contribution in [-0.2, 0) is 9.59 Å². The molecule has 0 aliphatic rings. The molecule has 0 aliphatic carbocycles. The summed E-state index contributed by atoms with van der Waals surface area (Å²) in [5.41, 5.74) is 1.15. The van der Waals surface area contributed by atoms with E-state index < -0.39 is 0 Å². The van der Waals surface area contributed by atoms with Gasteiger partial charge in [0.05, 0.1) is 5.39 Å². The van der Waals surface area contributed by atoms with E-state index >= 15 is 0 Å². The first-order chi connectivity index (χ1) is 13.5. The Bertz CT molecular complexity index is 958. The van der Waals surface area contributed by atoms with Crippen molar-refractivity contribution < 1.29 is 9.59 Å². The van der Waals surface area contributed by atoms with Crippen molar-refractivity contribution in [2.24, 2.45) is 0 Å². The van der Waals surface area contributed by atoms with Crippen molar-refractivity contribution in [3.8, 4) is 10.4 Å². The van der Waals surface area contributed by atoms with E-state index in [4.69, 9.17) is 0 Å². The summed E-state index contributed by atoms with van der Waals surface area (Å²) in [6.45, 7) is 2.84. The van der Waals surface area contributed by atoms with E-state index in [9.17, 15) is 9.59 Å². The molecule has 2 aromatic heterocycles. The molecule has 146 valence electrons. The van der Waals surface area contributed by atoms with Crippen LogP contribution in [0.2, 0.25) is 0 Å². The second kappa shape index (κ2) is 9.27. The van der Waals surface area contributed by atoms with Gasteiger partial charge in [-0.2, -0.15) is 0 Å². The SMILES string of the molecule is CC(=O)NCCNC(=O)CCN(C)c1ncnc2sc(-c3ccccc3)cc12. The second-order valence-corrected chi connectivity index (χ2v) is 7.43. The van der Waals surface area contributed by atoms with E-state index in [1.165, 1.54) is 6.92 Å². The van der Waals surface area contributed by atoms with Crippen molar-refractivity contribution in [1.29, 1.82) is 0 Å². The fourth-order valence-electron chi connectivity index (χ4n) is 2.80. The highest BCUT2D eigenvalue weighted by Gasteiger charge is 2.14. The Morgan fingerprint density at radius 1 is 1.11 bits per heavy atom. The summed E-state index contributed by atoms with van der Waals surface area (Å²) in [5, 5.41) is 6.43. The van der Waals surface area contributed by atoms with Gasteiger partial charge < -0.3 is 15.5 Å². The first-order valence-corrected chi connectivity index (χ1v) is 9.88. The van der Waals surface area contributed by atoms with Gasteiger partial charge in [-0.1, -0.05) is 30.3 Å². The van der Waals surface area contributed by atoms with Gasteiger partial charge in [0.15, 0.2) is 0 Å². The second-order valence-electron chi connectivity index (χ2n) is 6.40. The molecule has 3 rings (SSSR count). The van der Waals surface area contributed by atoms with Crippen molar-refractivity contribution >= 4 is 39.2 Å². The van der Waals surface area contributed by atoms with E-state index in [0.717, 1.165) is 26.5 Å². The standard InChI is InChI=1S/C20H23N5O2S/c1-14(26)21-9-10-22-18(27)8-11-25(2)19-16-12-17(15-6-4-3-5-7-15)28-20(16)24-13-23-19/h3-7,12-13H,8-11H2,1-2H3,(H,21,26)(H,22,27). The molecule has 3 aromatic rings. The van der Waals surface area contributed by atoms with Gasteiger partial charge in [-0.05, 0) is 11.6 Å². The van der Waals surface area contributed by atoms with Gasteiger partial charge in [-0.3, -0.25) is 9.59 Å². The van der Waals surface area contributed by atoms with Crippen LogP contribution in [0.4, 0.5) is 5.82 Å². The molecule has 2 heterocycles. The fraction of sp³-hybridized carbons (Fsp3) is 0.300. The number of fused-ring (bicyclic) bond motifs is 1. The van der Waals surface area contributed by atoms with Crippen molar-refractivity contribution in [1.82, 2.24) is 20.6 Å². The number of amides is 2. The highest BCUT2D eigenvalue weighted by molar-refractivity contribution is 7.21. The molecule has 0 saturated carbocycles. The number of nitrogens with zero attached hydrogens (tertiary/aromatic N) is 3. The molecule has 0 saturated heterocycles. The molecular weight excluding hydrogens is 374 g/mol. The smallest absolute Gasteiger partial charge is 0.221 e.